The van der Waals surface area contributed by atoms with Crippen molar-refractivity contribution in [3.05, 3.63) is 52.7 Å². The molecule has 0 spiro atoms. The average Bonchev–Trinajstić information content (AvgIpc) is 2.34. The zero-order valence-corrected chi connectivity index (χ0v) is 11.1. The zero-order chi connectivity index (χ0) is 12.3. The highest BCUT2D eigenvalue weighted by Crippen LogP contribution is 2.33. The number of rotatable bonds is 3. The predicted octanol–water partition coefficient (Wildman–Crippen LogP) is 3.65. The topological polar surface area (TPSA) is 38.9 Å². The first kappa shape index (κ1) is 12.4. The number of aryl methyl sites for hydroxylation is 1. The summed E-state index contributed by atoms with van der Waals surface area (Å²) in [4.78, 5) is 5.42. The summed E-state index contributed by atoms with van der Waals surface area (Å²) >= 11 is 7.66. The summed E-state index contributed by atoms with van der Waals surface area (Å²) in [5.41, 5.74) is 7.94. The van der Waals surface area contributed by atoms with E-state index in [-0.39, 0.29) is 0 Å². The van der Waals surface area contributed by atoms with Crippen molar-refractivity contribution in [1.29, 1.82) is 0 Å². The normalized spacial score (nSPS) is 10.5. The van der Waals surface area contributed by atoms with Gasteiger partial charge in [-0.3, -0.25) is 0 Å². The monoisotopic (exact) mass is 264 g/mol. The number of hydrogen-bond donors (Lipinski definition) is 1. The highest BCUT2D eigenvalue weighted by molar-refractivity contribution is 7.99. The van der Waals surface area contributed by atoms with Crippen LogP contribution in [0.25, 0.3) is 0 Å². The van der Waals surface area contributed by atoms with Gasteiger partial charge >= 0.3 is 0 Å². The van der Waals surface area contributed by atoms with E-state index in [2.05, 4.69) is 24.0 Å². The Labute approximate surface area is 110 Å². The van der Waals surface area contributed by atoms with Crippen molar-refractivity contribution in [2.75, 3.05) is 0 Å². The SMILES string of the molecule is Cc1cc(CN)ccc1Sc1ncccc1Cl. The number of nitrogens with two attached hydrogens (primary N) is 1. The third kappa shape index (κ3) is 3.00. The fraction of sp³-hybridized carbons (Fsp3) is 0.154. The Morgan fingerprint density at radius 1 is 1.35 bits per heavy atom. The van der Waals surface area contributed by atoms with E-state index in [9.17, 15) is 0 Å². The van der Waals surface area contributed by atoms with E-state index in [1.807, 2.05) is 18.2 Å². The number of nitrogens with zero attached hydrogens (tertiary/aromatic N) is 1. The zero-order valence-electron chi connectivity index (χ0n) is 9.48. The second kappa shape index (κ2) is 5.54. The summed E-state index contributed by atoms with van der Waals surface area (Å²) in [5, 5.41) is 1.51. The van der Waals surface area contributed by atoms with Crippen LogP contribution in [0.5, 0.6) is 0 Å². The summed E-state index contributed by atoms with van der Waals surface area (Å²) in [6.07, 6.45) is 1.75. The van der Waals surface area contributed by atoms with Gasteiger partial charge in [-0.1, -0.05) is 35.5 Å². The van der Waals surface area contributed by atoms with Crippen molar-refractivity contribution in [2.24, 2.45) is 5.73 Å². The summed E-state index contributed by atoms with van der Waals surface area (Å²) in [6.45, 7) is 2.63. The van der Waals surface area contributed by atoms with Gasteiger partial charge in [0.15, 0.2) is 0 Å². The van der Waals surface area contributed by atoms with Crippen molar-refractivity contribution < 1.29 is 0 Å². The van der Waals surface area contributed by atoms with Crippen LogP contribution in [0.15, 0.2) is 46.5 Å². The van der Waals surface area contributed by atoms with Gasteiger partial charge in [0.05, 0.1) is 5.02 Å². The molecule has 0 bridgehead atoms. The van der Waals surface area contributed by atoms with Crippen LogP contribution >= 0.6 is 23.4 Å². The first-order chi connectivity index (χ1) is 8.20. The molecule has 0 aliphatic rings. The maximum atomic E-state index is 6.08. The van der Waals surface area contributed by atoms with Gasteiger partial charge in [0.2, 0.25) is 0 Å². The van der Waals surface area contributed by atoms with Crippen molar-refractivity contribution in [1.82, 2.24) is 4.98 Å². The minimum absolute atomic E-state index is 0.566. The van der Waals surface area contributed by atoms with E-state index in [4.69, 9.17) is 17.3 Å². The molecule has 4 heteroatoms. The van der Waals surface area contributed by atoms with E-state index in [0.29, 0.717) is 11.6 Å². The van der Waals surface area contributed by atoms with Crippen LogP contribution in [-0.2, 0) is 6.54 Å². The van der Waals surface area contributed by atoms with Crippen LogP contribution in [0.2, 0.25) is 5.02 Å². The van der Waals surface area contributed by atoms with E-state index in [1.54, 1.807) is 18.0 Å². The number of halogens is 1. The molecule has 0 radical (unpaired) electrons. The molecule has 17 heavy (non-hydrogen) atoms. The Morgan fingerprint density at radius 3 is 2.82 bits per heavy atom. The Bertz CT molecular complexity index is 529. The molecule has 2 aromatic rings. The third-order valence-electron chi connectivity index (χ3n) is 2.41. The van der Waals surface area contributed by atoms with Crippen LogP contribution in [0.1, 0.15) is 11.1 Å². The minimum atomic E-state index is 0.566. The standard InChI is InChI=1S/C13H13ClN2S/c1-9-7-10(8-15)4-5-12(9)17-13-11(14)3-2-6-16-13/h2-7H,8,15H2,1H3. The van der Waals surface area contributed by atoms with Gasteiger partial charge in [-0.15, -0.1) is 0 Å². The second-order valence-electron chi connectivity index (χ2n) is 3.70. The van der Waals surface area contributed by atoms with Crippen LogP contribution in [0.4, 0.5) is 0 Å². The molecule has 2 nitrogen and oxygen atoms in total. The van der Waals surface area contributed by atoms with Gasteiger partial charge in [0, 0.05) is 17.6 Å². The van der Waals surface area contributed by atoms with Crippen molar-refractivity contribution in [3.63, 3.8) is 0 Å². The van der Waals surface area contributed by atoms with Gasteiger partial charge < -0.3 is 5.73 Å². The molecule has 0 saturated carbocycles. The van der Waals surface area contributed by atoms with Crippen molar-refractivity contribution >= 4 is 23.4 Å². The lowest BCUT2D eigenvalue weighted by molar-refractivity contribution is 1.05. The van der Waals surface area contributed by atoms with Gasteiger partial charge in [-0.25, -0.2) is 4.98 Å². The second-order valence-corrected chi connectivity index (χ2v) is 5.13. The molecule has 0 aliphatic heterocycles. The summed E-state index contributed by atoms with van der Waals surface area (Å²) in [6, 6.07) is 9.87. The lowest BCUT2D eigenvalue weighted by atomic mass is 10.1. The summed E-state index contributed by atoms with van der Waals surface area (Å²) < 4.78 is 0. The van der Waals surface area contributed by atoms with Crippen LogP contribution in [0, 0.1) is 6.92 Å². The number of aromatic nitrogens is 1. The average molecular weight is 265 g/mol. The van der Waals surface area contributed by atoms with Crippen molar-refractivity contribution in [3.8, 4) is 0 Å². The number of hydrogen-bond acceptors (Lipinski definition) is 3. The van der Waals surface area contributed by atoms with Crippen LogP contribution < -0.4 is 5.73 Å². The Hall–Kier alpha value is -1.03. The highest BCUT2D eigenvalue weighted by Gasteiger charge is 2.06. The summed E-state index contributed by atoms with van der Waals surface area (Å²) in [7, 11) is 0. The lowest BCUT2D eigenvalue weighted by Gasteiger charge is -2.07. The minimum Gasteiger partial charge on any atom is -0.326 e. The number of benzene rings is 1. The van der Waals surface area contributed by atoms with Crippen LogP contribution in [0.3, 0.4) is 0 Å². The predicted molar refractivity (Wildman–Crippen MR) is 72.4 cm³/mol. The smallest absolute Gasteiger partial charge is 0.119 e. The van der Waals surface area contributed by atoms with E-state index < -0.39 is 0 Å². The molecule has 0 fully saturated rings. The highest BCUT2D eigenvalue weighted by atomic mass is 35.5. The molecule has 0 aliphatic carbocycles. The van der Waals surface area contributed by atoms with E-state index in [0.717, 1.165) is 15.5 Å². The molecule has 1 aromatic carbocycles. The lowest BCUT2D eigenvalue weighted by Crippen LogP contribution is -1.96. The first-order valence-corrected chi connectivity index (χ1v) is 6.48. The fourth-order valence-corrected chi connectivity index (χ4v) is 2.58. The van der Waals surface area contributed by atoms with Gasteiger partial charge in [-0.05, 0) is 36.2 Å². The third-order valence-corrected chi connectivity index (χ3v) is 4.02. The van der Waals surface area contributed by atoms with Crippen LogP contribution in [-0.4, -0.2) is 4.98 Å². The molecule has 0 amide bonds. The van der Waals surface area contributed by atoms with E-state index in [1.165, 1.54) is 5.56 Å². The Balaban J connectivity index is 2.28. The van der Waals surface area contributed by atoms with Crippen molar-refractivity contribution in [2.45, 2.75) is 23.4 Å². The molecule has 1 aromatic heterocycles. The van der Waals surface area contributed by atoms with Gasteiger partial charge in [0.25, 0.3) is 0 Å². The van der Waals surface area contributed by atoms with Gasteiger partial charge in [0.1, 0.15) is 5.03 Å². The molecule has 0 unspecified atom stereocenters. The maximum Gasteiger partial charge on any atom is 0.119 e. The first-order valence-electron chi connectivity index (χ1n) is 5.28. The molecule has 2 N–H and O–H groups in total. The quantitative estimate of drug-likeness (QED) is 0.920. The molecular weight excluding hydrogens is 252 g/mol. The van der Waals surface area contributed by atoms with Gasteiger partial charge in [-0.2, -0.15) is 0 Å². The molecule has 0 atom stereocenters. The summed E-state index contributed by atoms with van der Waals surface area (Å²) in [5.74, 6) is 0. The largest absolute Gasteiger partial charge is 0.326 e. The Kier molecular flexibility index (Phi) is 4.05. The Morgan fingerprint density at radius 2 is 2.18 bits per heavy atom. The molecule has 2 rings (SSSR count). The molecule has 88 valence electrons. The van der Waals surface area contributed by atoms with E-state index >= 15 is 0 Å². The maximum absolute atomic E-state index is 6.08. The molecule has 0 saturated heterocycles. The number of pyridine rings is 1. The molecular formula is C13H13ClN2S. The fourth-order valence-electron chi connectivity index (χ4n) is 1.50. The molecule has 1 heterocycles.